The second-order valence-electron chi connectivity index (χ2n) is 4.52. The van der Waals surface area contributed by atoms with E-state index in [0.717, 1.165) is 13.1 Å². The first-order valence-corrected chi connectivity index (χ1v) is 6.91. The Balaban J connectivity index is 1.71. The molecule has 0 amide bonds. The van der Waals surface area contributed by atoms with E-state index in [1.165, 1.54) is 0 Å². The summed E-state index contributed by atoms with van der Waals surface area (Å²) in [4.78, 5) is 18.7. The van der Waals surface area contributed by atoms with E-state index < -0.39 is 0 Å². The van der Waals surface area contributed by atoms with Crippen LogP contribution < -0.4 is 10.2 Å². The lowest BCUT2D eigenvalue weighted by molar-refractivity contribution is 0.122. The predicted molar refractivity (Wildman–Crippen MR) is 76.2 cm³/mol. The van der Waals surface area contributed by atoms with E-state index >= 15 is 0 Å². The van der Waals surface area contributed by atoms with Crippen LogP contribution in [0.3, 0.4) is 0 Å². The number of nitrogens with one attached hydrogen (secondary N) is 1. The summed E-state index contributed by atoms with van der Waals surface area (Å²) < 4.78 is 6.94. The fourth-order valence-electron chi connectivity index (χ4n) is 1.95. The summed E-state index contributed by atoms with van der Waals surface area (Å²) in [6.07, 6.45) is 1.64. The van der Waals surface area contributed by atoms with Crippen LogP contribution in [-0.2, 0) is 18.3 Å². The molecule has 0 radical (unpaired) electrons. The standard InChI is InChI=1S/C11H15ClN8O/c1-19-7-14-8(18-19)6-13-10-15-9(12)16-11(17-10)20-2-4-21-5-3-20/h7H,2-6H2,1H3,(H,13,15,16,17). The summed E-state index contributed by atoms with van der Waals surface area (Å²) >= 11 is 5.96. The molecule has 112 valence electrons. The summed E-state index contributed by atoms with van der Waals surface area (Å²) in [7, 11) is 1.81. The van der Waals surface area contributed by atoms with E-state index in [-0.39, 0.29) is 5.28 Å². The normalized spacial score (nSPS) is 15.2. The van der Waals surface area contributed by atoms with Crippen molar-refractivity contribution in [2.45, 2.75) is 6.54 Å². The Morgan fingerprint density at radius 2 is 2.10 bits per heavy atom. The van der Waals surface area contributed by atoms with Crippen LogP contribution in [0.5, 0.6) is 0 Å². The monoisotopic (exact) mass is 310 g/mol. The molecule has 21 heavy (non-hydrogen) atoms. The number of nitrogens with zero attached hydrogens (tertiary/aromatic N) is 7. The second kappa shape index (κ2) is 6.19. The number of morpholine rings is 1. The third kappa shape index (κ3) is 3.56. The number of hydrogen-bond donors (Lipinski definition) is 1. The molecule has 0 aliphatic carbocycles. The second-order valence-corrected chi connectivity index (χ2v) is 4.85. The number of aryl methyl sites for hydroxylation is 1. The largest absolute Gasteiger partial charge is 0.378 e. The molecule has 0 spiro atoms. The zero-order chi connectivity index (χ0) is 14.7. The molecule has 0 aromatic carbocycles. The number of anilines is 2. The van der Waals surface area contributed by atoms with E-state index in [0.29, 0.717) is 37.5 Å². The minimum absolute atomic E-state index is 0.156. The van der Waals surface area contributed by atoms with E-state index in [9.17, 15) is 0 Å². The minimum atomic E-state index is 0.156. The van der Waals surface area contributed by atoms with Gasteiger partial charge in [0.05, 0.1) is 19.8 Å². The van der Waals surface area contributed by atoms with Gasteiger partial charge in [-0.05, 0) is 11.6 Å². The Morgan fingerprint density at radius 1 is 1.29 bits per heavy atom. The number of aromatic nitrogens is 6. The zero-order valence-electron chi connectivity index (χ0n) is 11.5. The van der Waals surface area contributed by atoms with Crippen LogP contribution in [-0.4, -0.2) is 56.0 Å². The summed E-state index contributed by atoms with van der Waals surface area (Å²) in [6, 6.07) is 0. The van der Waals surface area contributed by atoms with Gasteiger partial charge in [0.2, 0.25) is 17.2 Å². The number of halogens is 1. The molecule has 3 rings (SSSR count). The van der Waals surface area contributed by atoms with Gasteiger partial charge in [0.1, 0.15) is 6.33 Å². The molecule has 1 saturated heterocycles. The zero-order valence-corrected chi connectivity index (χ0v) is 12.3. The fourth-order valence-corrected chi connectivity index (χ4v) is 2.10. The average Bonchev–Trinajstić information content (AvgIpc) is 2.91. The van der Waals surface area contributed by atoms with E-state index in [1.807, 2.05) is 11.9 Å². The van der Waals surface area contributed by atoms with Crippen molar-refractivity contribution in [3.63, 3.8) is 0 Å². The van der Waals surface area contributed by atoms with Gasteiger partial charge >= 0.3 is 0 Å². The van der Waals surface area contributed by atoms with Crippen molar-refractivity contribution in [1.29, 1.82) is 0 Å². The smallest absolute Gasteiger partial charge is 0.231 e. The van der Waals surface area contributed by atoms with Crippen LogP contribution in [0.25, 0.3) is 0 Å². The highest BCUT2D eigenvalue weighted by atomic mass is 35.5. The van der Waals surface area contributed by atoms with Gasteiger partial charge in [-0.25, -0.2) is 4.98 Å². The molecule has 0 atom stereocenters. The Labute approximate surface area is 126 Å². The van der Waals surface area contributed by atoms with Gasteiger partial charge in [-0.3, -0.25) is 4.68 Å². The van der Waals surface area contributed by atoms with E-state index in [1.54, 1.807) is 11.0 Å². The lowest BCUT2D eigenvalue weighted by Crippen LogP contribution is -2.37. The fraction of sp³-hybridized carbons (Fsp3) is 0.545. The molecule has 1 aliphatic heterocycles. The van der Waals surface area contributed by atoms with Gasteiger partial charge < -0.3 is 15.0 Å². The van der Waals surface area contributed by atoms with Gasteiger partial charge in [-0.2, -0.15) is 20.1 Å². The highest BCUT2D eigenvalue weighted by Gasteiger charge is 2.16. The lowest BCUT2D eigenvalue weighted by atomic mass is 10.4. The molecule has 1 N–H and O–H groups in total. The maximum absolute atomic E-state index is 5.96. The van der Waals surface area contributed by atoms with Gasteiger partial charge in [-0.15, -0.1) is 0 Å². The van der Waals surface area contributed by atoms with Crippen LogP contribution in [0.2, 0.25) is 5.28 Å². The number of ether oxygens (including phenoxy) is 1. The molecule has 2 aromatic heterocycles. The Morgan fingerprint density at radius 3 is 2.81 bits per heavy atom. The van der Waals surface area contributed by atoms with Crippen LogP contribution in [0.1, 0.15) is 5.82 Å². The van der Waals surface area contributed by atoms with Crippen molar-refractivity contribution >= 4 is 23.5 Å². The number of hydrogen-bond acceptors (Lipinski definition) is 8. The lowest BCUT2D eigenvalue weighted by Gasteiger charge is -2.26. The maximum Gasteiger partial charge on any atom is 0.231 e. The molecule has 10 heteroatoms. The highest BCUT2D eigenvalue weighted by Crippen LogP contribution is 2.15. The van der Waals surface area contributed by atoms with Crippen molar-refractivity contribution in [2.75, 3.05) is 36.5 Å². The van der Waals surface area contributed by atoms with Crippen molar-refractivity contribution in [3.05, 3.63) is 17.4 Å². The Kier molecular flexibility index (Phi) is 4.11. The molecule has 1 fully saturated rings. The number of rotatable bonds is 4. The SMILES string of the molecule is Cn1cnc(CNc2nc(Cl)nc(N3CCOCC3)n2)n1. The van der Waals surface area contributed by atoms with Crippen molar-refractivity contribution < 1.29 is 4.74 Å². The summed E-state index contributed by atoms with van der Waals surface area (Å²) in [5.41, 5.74) is 0. The molecule has 9 nitrogen and oxygen atoms in total. The maximum atomic E-state index is 5.96. The molecular formula is C11H15ClN8O. The van der Waals surface area contributed by atoms with E-state index in [4.69, 9.17) is 16.3 Å². The molecule has 1 aliphatic rings. The molecule has 2 aromatic rings. The van der Waals surface area contributed by atoms with Crippen molar-refractivity contribution in [2.24, 2.45) is 7.05 Å². The Bertz CT molecular complexity index is 612. The molecular weight excluding hydrogens is 296 g/mol. The first-order valence-electron chi connectivity index (χ1n) is 6.53. The topological polar surface area (TPSA) is 93.9 Å². The third-order valence-electron chi connectivity index (χ3n) is 2.94. The Hall–Kier alpha value is -2.00. The average molecular weight is 311 g/mol. The first-order chi connectivity index (χ1) is 10.2. The predicted octanol–water partition coefficient (Wildman–Crippen LogP) is 0.102. The molecule has 0 unspecified atom stereocenters. The summed E-state index contributed by atoms with van der Waals surface area (Å²) in [5.74, 6) is 1.61. The third-order valence-corrected chi connectivity index (χ3v) is 3.11. The van der Waals surface area contributed by atoms with E-state index in [2.05, 4.69) is 30.4 Å². The van der Waals surface area contributed by atoms with Gasteiger partial charge in [0.15, 0.2) is 5.82 Å². The first kappa shape index (κ1) is 14.0. The highest BCUT2D eigenvalue weighted by molar-refractivity contribution is 6.28. The van der Waals surface area contributed by atoms with Crippen LogP contribution >= 0.6 is 11.6 Å². The van der Waals surface area contributed by atoms with Gasteiger partial charge in [0, 0.05) is 20.1 Å². The van der Waals surface area contributed by atoms with Gasteiger partial charge in [0.25, 0.3) is 0 Å². The van der Waals surface area contributed by atoms with Crippen molar-refractivity contribution in [1.82, 2.24) is 29.7 Å². The van der Waals surface area contributed by atoms with Crippen LogP contribution in [0, 0.1) is 0 Å². The molecule has 0 bridgehead atoms. The van der Waals surface area contributed by atoms with Gasteiger partial charge in [-0.1, -0.05) is 0 Å². The molecule has 0 saturated carbocycles. The van der Waals surface area contributed by atoms with Crippen LogP contribution in [0.15, 0.2) is 6.33 Å². The van der Waals surface area contributed by atoms with Crippen molar-refractivity contribution in [3.8, 4) is 0 Å². The summed E-state index contributed by atoms with van der Waals surface area (Å²) in [5, 5.41) is 7.38. The van der Waals surface area contributed by atoms with Crippen LogP contribution in [0.4, 0.5) is 11.9 Å². The quantitative estimate of drug-likeness (QED) is 0.850. The summed E-state index contributed by atoms with van der Waals surface area (Å²) in [6.45, 7) is 3.21. The minimum Gasteiger partial charge on any atom is -0.378 e. The molecule has 3 heterocycles.